The molecular formula is C19H18N2O2S. The Morgan fingerprint density at radius 1 is 1.17 bits per heavy atom. The van der Waals surface area contributed by atoms with Crippen molar-refractivity contribution < 1.29 is 9.53 Å². The molecule has 2 aromatic heterocycles. The number of aryl methyl sites for hydroxylation is 1. The number of hydrogen-bond donors (Lipinski definition) is 1. The Kier molecular flexibility index (Phi) is 4.91. The van der Waals surface area contributed by atoms with E-state index in [0.717, 1.165) is 16.1 Å². The van der Waals surface area contributed by atoms with E-state index in [1.165, 1.54) is 11.3 Å². The van der Waals surface area contributed by atoms with Gasteiger partial charge in [0.1, 0.15) is 16.4 Å². The maximum absolute atomic E-state index is 12.6. The summed E-state index contributed by atoms with van der Waals surface area (Å²) < 4.78 is 5.65. The molecule has 0 aliphatic rings. The van der Waals surface area contributed by atoms with Crippen LogP contribution in [0.25, 0.3) is 10.4 Å². The molecule has 3 rings (SSSR count). The predicted molar refractivity (Wildman–Crippen MR) is 97.9 cm³/mol. The van der Waals surface area contributed by atoms with E-state index >= 15 is 0 Å². The van der Waals surface area contributed by atoms with Gasteiger partial charge >= 0.3 is 0 Å². The van der Waals surface area contributed by atoms with E-state index in [1.807, 2.05) is 62.4 Å². The van der Waals surface area contributed by atoms with E-state index in [9.17, 15) is 4.79 Å². The minimum atomic E-state index is -0.205. The second kappa shape index (κ2) is 7.27. The molecule has 1 N–H and O–H groups in total. The van der Waals surface area contributed by atoms with Crippen LogP contribution < -0.4 is 10.1 Å². The van der Waals surface area contributed by atoms with E-state index in [0.29, 0.717) is 23.1 Å². The molecule has 0 radical (unpaired) electrons. The summed E-state index contributed by atoms with van der Waals surface area (Å²) >= 11 is 1.42. The third-order valence-electron chi connectivity index (χ3n) is 3.39. The van der Waals surface area contributed by atoms with Gasteiger partial charge in [0.05, 0.1) is 6.61 Å². The second-order valence-corrected chi connectivity index (χ2v) is 6.27. The molecule has 0 saturated heterocycles. The van der Waals surface area contributed by atoms with Gasteiger partial charge in [0.25, 0.3) is 5.91 Å². The SMILES string of the molecule is CCOc1cc(-c2ccccc2)sc1C(=O)Nc1cccc(C)n1. The molecule has 0 saturated carbocycles. The summed E-state index contributed by atoms with van der Waals surface area (Å²) in [5.74, 6) is 0.937. The van der Waals surface area contributed by atoms with E-state index in [2.05, 4.69) is 10.3 Å². The lowest BCUT2D eigenvalue weighted by Gasteiger charge is -2.06. The molecule has 0 unspecified atom stereocenters. The van der Waals surface area contributed by atoms with Crippen LogP contribution >= 0.6 is 11.3 Å². The van der Waals surface area contributed by atoms with Crippen molar-refractivity contribution in [2.24, 2.45) is 0 Å². The Labute approximate surface area is 145 Å². The van der Waals surface area contributed by atoms with Crippen molar-refractivity contribution in [3.8, 4) is 16.2 Å². The lowest BCUT2D eigenvalue weighted by molar-refractivity contribution is 0.102. The van der Waals surface area contributed by atoms with Gasteiger partial charge < -0.3 is 10.1 Å². The van der Waals surface area contributed by atoms with E-state index < -0.39 is 0 Å². The first-order valence-corrected chi connectivity index (χ1v) is 8.56. The number of benzene rings is 1. The Balaban J connectivity index is 1.91. The highest BCUT2D eigenvalue weighted by atomic mass is 32.1. The quantitative estimate of drug-likeness (QED) is 0.729. The molecule has 0 aliphatic carbocycles. The highest BCUT2D eigenvalue weighted by Crippen LogP contribution is 2.36. The average Bonchev–Trinajstić information content (AvgIpc) is 3.00. The fourth-order valence-electron chi connectivity index (χ4n) is 2.33. The van der Waals surface area contributed by atoms with Gasteiger partial charge in [-0.15, -0.1) is 11.3 Å². The monoisotopic (exact) mass is 338 g/mol. The predicted octanol–water partition coefficient (Wildman–Crippen LogP) is 4.77. The first kappa shape index (κ1) is 16.2. The molecule has 24 heavy (non-hydrogen) atoms. The van der Waals surface area contributed by atoms with E-state index in [1.54, 1.807) is 6.07 Å². The first-order valence-electron chi connectivity index (χ1n) is 7.74. The summed E-state index contributed by atoms with van der Waals surface area (Å²) in [5, 5.41) is 2.84. The number of rotatable bonds is 5. The number of nitrogens with one attached hydrogen (secondary N) is 1. The van der Waals surface area contributed by atoms with E-state index in [4.69, 9.17) is 4.74 Å². The van der Waals surface area contributed by atoms with Crippen LogP contribution in [0.15, 0.2) is 54.6 Å². The Hall–Kier alpha value is -2.66. The van der Waals surface area contributed by atoms with Crippen molar-refractivity contribution in [3.63, 3.8) is 0 Å². The fourth-order valence-corrected chi connectivity index (χ4v) is 3.33. The lowest BCUT2D eigenvalue weighted by Crippen LogP contribution is -2.12. The normalized spacial score (nSPS) is 10.4. The molecule has 0 spiro atoms. The molecule has 3 aromatic rings. The molecule has 5 heteroatoms. The van der Waals surface area contributed by atoms with Crippen molar-refractivity contribution in [1.29, 1.82) is 0 Å². The smallest absolute Gasteiger partial charge is 0.270 e. The Morgan fingerprint density at radius 3 is 2.67 bits per heavy atom. The number of carbonyl (C=O) groups is 1. The van der Waals surface area contributed by atoms with Crippen LogP contribution in [-0.4, -0.2) is 17.5 Å². The van der Waals surface area contributed by atoms with Crippen molar-refractivity contribution >= 4 is 23.1 Å². The van der Waals surface area contributed by atoms with Gasteiger partial charge in [-0.3, -0.25) is 4.79 Å². The number of anilines is 1. The number of pyridine rings is 1. The minimum Gasteiger partial charge on any atom is -0.492 e. The van der Waals surface area contributed by atoms with Gasteiger partial charge in [0.15, 0.2) is 0 Å². The zero-order valence-electron chi connectivity index (χ0n) is 13.6. The van der Waals surface area contributed by atoms with Crippen molar-refractivity contribution in [2.45, 2.75) is 13.8 Å². The molecule has 0 fully saturated rings. The van der Waals surface area contributed by atoms with Crippen molar-refractivity contribution in [3.05, 3.63) is 65.2 Å². The Morgan fingerprint density at radius 2 is 1.96 bits per heavy atom. The molecule has 1 aromatic carbocycles. The van der Waals surface area contributed by atoms with Crippen LogP contribution in [0, 0.1) is 6.92 Å². The van der Waals surface area contributed by atoms with Gasteiger partial charge in [-0.2, -0.15) is 0 Å². The number of nitrogens with zero attached hydrogens (tertiary/aromatic N) is 1. The number of hydrogen-bond acceptors (Lipinski definition) is 4. The van der Waals surface area contributed by atoms with Crippen LogP contribution in [0.5, 0.6) is 5.75 Å². The number of ether oxygens (including phenoxy) is 1. The fraction of sp³-hybridized carbons (Fsp3) is 0.158. The van der Waals surface area contributed by atoms with Crippen LogP contribution in [0.3, 0.4) is 0 Å². The zero-order valence-corrected chi connectivity index (χ0v) is 14.4. The lowest BCUT2D eigenvalue weighted by atomic mass is 10.2. The molecule has 1 amide bonds. The zero-order chi connectivity index (χ0) is 16.9. The topological polar surface area (TPSA) is 51.2 Å². The molecule has 2 heterocycles. The third-order valence-corrected chi connectivity index (χ3v) is 4.56. The highest BCUT2D eigenvalue weighted by Gasteiger charge is 2.19. The summed E-state index contributed by atoms with van der Waals surface area (Å²) in [6.45, 7) is 4.30. The number of amides is 1. The summed E-state index contributed by atoms with van der Waals surface area (Å²) in [5.41, 5.74) is 1.92. The number of aromatic nitrogens is 1. The number of carbonyl (C=O) groups excluding carboxylic acids is 1. The molecular weight excluding hydrogens is 320 g/mol. The molecule has 0 bridgehead atoms. The summed E-state index contributed by atoms with van der Waals surface area (Å²) in [6, 6.07) is 17.4. The maximum Gasteiger partial charge on any atom is 0.270 e. The average molecular weight is 338 g/mol. The molecule has 122 valence electrons. The number of thiophene rings is 1. The third kappa shape index (κ3) is 3.63. The molecule has 0 aliphatic heterocycles. The first-order chi connectivity index (χ1) is 11.7. The van der Waals surface area contributed by atoms with E-state index in [-0.39, 0.29) is 5.91 Å². The molecule has 0 atom stereocenters. The van der Waals surface area contributed by atoms with Crippen LogP contribution in [0.1, 0.15) is 22.3 Å². The van der Waals surface area contributed by atoms with Gasteiger partial charge in [-0.05, 0) is 37.6 Å². The largest absolute Gasteiger partial charge is 0.492 e. The van der Waals surface area contributed by atoms with Gasteiger partial charge in [-0.25, -0.2) is 4.98 Å². The summed E-state index contributed by atoms with van der Waals surface area (Å²) in [4.78, 5) is 18.5. The second-order valence-electron chi connectivity index (χ2n) is 5.22. The highest BCUT2D eigenvalue weighted by molar-refractivity contribution is 7.17. The van der Waals surface area contributed by atoms with Gasteiger partial charge in [-0.1, -0.05) is 36.4 Å². The minimum absolute atomic E-state index is 0.205. The van der Waals surface area contributed by atoms with Crippen molar-refractivity contribution in [1.82, 2.24) is 4.98 Å². The van der Waals surface area contributed by atoms with Crippen LogP contribution in [0.2, 0.25) is 0 Å². The summed E-state index contributed by atoms with van der Waals surface area (Å²) in [6.07, 6.45) is 0. The Bertz CT molecular complexity index is 844. The van der Waals surface area contributed by atoms with Gasteiger partial charge in [0.2, 0.25) is 0 Å². The maximum atomic E-state index is 12.6. The van der Waals surface area contributed by atoms with Crippen LogP contribution in [0.4, 0.5) is 5.82 Å². The van der Waals surface area contributed by atoms with Gasteiger partial charge in [0, 0.05) is 10.6 Å². The standard InChI is InChI=1S/C19H18N2O2S/c1-3-23-15-12-16(14-9-5-4-6-10-14)24-18(15)19(22)21-17-11-7-8-13(2)20-17/h4-12H,3H2,1-2H3,(H,20,21,22). The van der Waals surface area contributed by atoms with Crippen LogP contribution in [-0.2, 0) is 0 Å². The molecule has 4 nitrogen and oxygen atoms in total. The van der Waals surface area contributed by atoms with Crippen molar-refractivity contribution in [2.75, 3.05) is 11.9 Å². The summed E-state index contributed by atoms with van der Waals surface area (Å²) in [7, 11) is 0.